The zero-order valence-electron chi connectivity index (χ0n) is 17.9. The third-order valence-corrected chi connectivity index (χ3v) is 8.45. The zero-order valence-corrected chi connectivity index (χ0v) is 19.5. The maximum atomic E-state index is 12.6. The number of halogens is 1. The van der Waals surface area contributed by atoms with Crippen LogP contribution in [0.15, 0.2) is 24.3 Å². The Morgan fingerprint density at radius 3 is 2.42 bits per heavy atom. The van der Waals surface area contributed by atoms with Crippen LogP contribution in [0.5, 0.6) is 0 Å². The number of benzene rings is 1. The van der Waals surface area contributed by atoms with Gasteiger partial charge in [-0.2, -0.15) is 0 Å². The van der Waals surface area contributed by atoms with Gasteiger partial charge >= 0.3 is 5.97 Å². The van der Waals surface area contributed by atoms with Gasteiger partial charge < -0.3 is 19.7 Å². The molecular weight excluding hydrogens is 460 g/mol. The van der Waals surface area contributed by atoms with Gasteiger partial charge in [0.05, 0.1) is 19.6 Å². The SMILES string of the molecule is O=C(COC(=O)CC12C[C@@H]3C[C@H](CC(Br)(C3)C1)C2)Nc1ccc(N2CCOCC2)cc1. The monoisotopic (exact) mass is 490 g/mol. The molecule has 0 aromatic heterocycles. The molecule has 1 aromatic rings. The van der Waals surface area contributed by atoms with E-state index in [1.807, 2.05) is 24.3 Å². The molecule has 1 aromatic carbocycles. The summed E-state index contributed by atoms with van der Waals surface area (Å²) in [5, 5.41) is 2.83. The number of esters is 1. The predicted molar refractivity (Wildman–Crippen MR) is 122 cm³/mol. The molecule has 1 aliphatic heterocycles. The highest BCUT2D eigenvalue weighted by Gasteiger charge is 2.57. The largest absolute Gasteiger partial charge is 0.456 e. The highest BCUT2D eigenvalue weighted by Crippen LogP contribution is 2.65. The van der Waals surface area contributed by atoms with E-state index in [4.69, 9.17) is 9.47 Å². The molecule has 7 heteroatoms. The summed E-state index contributed by atoms with van der Waals surface area (Å²) in [4.78, 5) is 27.1. The number of alkyl halides is 1. The summed E-state index contributed by atoms with van der Waals surface area (Å²) in [6.07, 6.45) is 7.57. The van der Waals surface area contributed by atoms with Crippen LogP contribution in [0.4, 0.5) is 11.4 Å². The molecule has 5 fully saturated rings. The minimum atomic E-state index is -0.296. The Morgan fingerprint density at radius 2 is 1.77 bits per heavy atom. The van der Waals surface area contributed by atoms with Crippen LogP contribution < -0.4 is 10.2 Å². The lowest BCUT2D eigenvalue weighted by Gasteiger charge is -2.60. The highest BCUT2D eigenvalue weighted by atomic mass is 79.9. The topological polar surface area (TPSA) is 67.9 Å². The molecule has 0 spiro atoms. The Hall–Kier alpha value is -1.60. The third-order valence-electron chi connectivity index (χ3n) is 7.52. The molecule has 0 unspecified atom stereocenters. The minimum Gasteiger partial charge on any atom is -0.456 e. The number of rotatable bonds is 6. The number of carbonyl (C=O) groups excluding carboxylic acids is 2. The number of hydrogen-bond donors (Lipinski definition) is 1. The van der Waals surface area contributed by atoms with Gasteiger partial charge in [0.15, 0.2) is 6.61 Å². The van der Waals surface area contributed by atoms with E-state index in [0.29, 0.717) is 12.1 Å². The highest BCUT2D eigenvalue weighted by molar-refractivity contribution is 9.10. The van der Waals surface area contributed by atoms with Crippen LogP contribution in [0, 0.1) is 17.3 Å². The van der Waals surface area contributed by atoms with Gasteiger partial charge in [0.2, 0.25) is 0 Å². The van der Waals surface area contributed by atoms with Crippen molar-refractivity contribution in [2.45, 2.75) is 49.3 Å². The maximum absolute atomic E-state index is 12.6. The van der Waals surface area contributed by atoms with Crippen molar-refractivity contribution in [3.05, 3.63) is 24.3 Å². The zero-order chi connectivity index (χ0) is 21.5. The van der Waals surface area contributed by atoms with E-state index in [2.05, 4.69) is 26.1 Å². The van der Waals surface area contributed by atoms with Crippen molar-refractivity contribution in [3.63, 3.8) is 0 Å². The lowest BCUT2D eigenvalue weighted by Crippen LogP contribution is -2.53. The number of carbonyl (C=O) groups is 2. The summed E-state index contributed by atoms with van der Waals surface area (Å²) in [7, 11) is 0. The molecule has 1 N–H and O–H groups in total. The maximum Gasteiger partial charge on any atom is 0.306 e. The quantitative estimate of drug-likeness (QED) is 0.479. The molecular formula is C24H31BrN2O4. The number of morpholine rings is 1. The standard InChI is InChI=1S/C24H31BrN2O4/c25-24-12-17-9-18(13-24)11-23(10-17,16-24)14-22(29)31-15-21(28)26-19-1-3-20(4-2-19)27-5-7-30-8-6-27/h1-4,17-18H,5-16H2,(H,26,28)/t17-,18-,23?,24?/m0/s1. The second kappa shape index (κ2) is 8.39. The van der Waals surface area contributed by atoms with Crippen molar-refractivity contribution in [3.8, 4) is 0 Å². The first-order chi connectivity index (χ1) is 14.9. The van der Waals surface area contributed by atoms with Gasteiger partial charge in [-0.05, 0) is 80.0 Å². The molecule has 2 atom stereocenters. The lowest BCUT2D eigenvalue weighted by molar-refractivity contribution is -0.153. The van der Waals surface area contributed by atoms with Crippen molar-refractivity contribution >= 4 is 39.2 Å². The van der Waals surface area contributed by atoms with Gasteiger partial charge in [-0.15, -0.1) is 0 Å². The van der Waals surface area contributed by atoms with Gasteiger partial charge in [0, 0.05) is 28.8 Å². The Bertz CT molecular complexity index is 822. The second-order valence-corrected chi connectivity index (χ2v) is 11.8. The fourth-order valence-corrected chi connectivity index (χ4v) is 8.33. The fraction of sp³-hybridized carbons (Fsp3) is 0.667. The molecule has 6 rings (SSSR count). The number of anilines is 2. The number of hydrogen-bond acceptors (Lipinski definition) is 5. The summed E-state index contributed by atoms with van der Waals surface area (Å²) in [5.74, 6) is 0.931. The second-order valence-electron chi connectivity index (χ2n) is 10.1. The van der Waals surface area contributed by atoms with Crippen LogP contribution in [0.1, 0.15) is 44.9 Å². The van der Waals surface area contributed by atoms with E-state index in [1.165, 1.54) is 19.3 Å². The Kier molecular flexibility index (Phi) is 5.76. The number of nitrogens with one attached hydrogen (secondary N) is 1. The molecule has 4 aliphatic carbocycles. The van der Waals surface area contributed by atoms with Gasteiger partial charge in [-0.25, -0.2) is 0 Å². The first-order valence-corrected chi connectivity index (χ1v) is 12.3. The van der Waals surface area contributed by atoms with E-state index in [0.717, 1.165) is 63.1 Å². The molecule has 1 amide bonds. The molecule has 4 bridgehead atoms. The first-order valence-electron chi connectivity index (χ1n) is 11.5. The molecule has 1 saturated heterocycles. The van der Waals surface area contributed by atoms with Gasteiger partial charge in [0.1, 0.15) is 0 Å². The fourth-order valence-electron chi connectivity index (χ4n) is 6.82. The van der Waals surface area contributed by atoms with Crippen LogP contribution in [-0.2, 0) is 19.1 Å². The Morgan fingerprint density at radius 1 is 1.10 bits per heavy atom. The van der Waals surface area contributed by atoms with Crippen LogP contribution >= 0.6 is 15.9 Å². The minimum absolute atomic E-state index is 0.0659. The first kappa shape index (κ1) is 21.3. The van der Waals surface area contributed by atoms with Crippen molar-refractivity contribution in [1.29, 1.82) is 0 Å². The molecule has 4 saturated carbocycles. The van der Waals surface area contributed by atoms with Crippen LogP contribution in [0.25, 0.3) is 0 Å². The number of ether oxygens (including phenoxy) is 2. The van der Waals surface area contributed by atoms with Crippen molar-refractivity contribution in [2.24, 2.45) is 17.3 Å². The molecule has 168 valence electrons. The van der Waals surface area contributed by atoms with Gasteiger partial charge in [-0.3, -0.25) is 9.59 Å². The Labute approximate surface area is 192 Å². The molecule has 1 heterocycles. The van der Waals surface area contributed by atoms with E-state index in [1.54, 1.807) is 0 Å². The molecule has 5 aliphatic rings. The summed E-state index contributed by atoms with van der Waals surface area (Å²) in [6, 6.07) is 7.76. The van der Waals surface area contributed by atoms with Crippen LogP contribution in [0.2, 0.25) is 0 Å². The number of amides is 1. The van der Waals surface area contributed by atoms with E-state index in [9.17, 15) is 9.59 Å². The summed E-state index contributed by atoms with van der Waals surface area (Å²) < 4.78 is 11.0. The van der Waals surface area contributed by atoms with E-state index in [-0.39, 0.29) is 28.2 Å². The van der Waals surface area contributed by atoms with Gasteiger partial charge in [0.25, 0.3) is 5.91 Å². The van der Waals surface area contributed by atoms with Crippen LogP contribution in [0.3, 0.4) is 0 Å². The summed E-state index contributed by atoms with van der Waals surface area (Å²) >= 11 is 3.99. The average Bonchev–Trinajstić information content (AvgIpc) is 2.71. The normalized spacial score (nSPS) is 33.9. The van der Waals surface area contributed by atoms with Crippen molar-refractivity contribution in [2.75, 3.05) is 43.1 Å². The van der Waals surface area contributed by atoms with Gasteiger partial charge in [-0.1, -0.05) is 15.9 Å². The van der Waals surface area contributed by atoms with Crippen molar-refractivity contribution < 1.29 is 19.1 Å². The van der Waals surface area contributed by atoms with E-state index >= 15 is 0 Å². The number of nitrogens with zero attached hydrogens (tertiary/aromatic N) is 1. The molecule has 0 radical (unpaired) electrons. The molecule has 31 heavy (non-hydrogen) atoms. The molecule has 6 nitrogen and oxygen atoms in total. The van der Waals surface area contributed by atoms with Crippen molar-refractivity contribution in [1.82, 2.24) is 0 Å². The summed E-state index contributed by atoms with van der Waals surface area (Å²) in [6.45, 7) is 3.00. The van der Waals surface area contributed by atoms with Crippen LogP contribution in [-0.4, -0.2) is 49.1 Å². The van der Waals surface area contributed by atoms with E-state index < -0.39 is 0 Å². The third kappa shape index (κ3) is 4.77. The lowest BCUT2D eigenvalue weighted by atomic mass is 9.49. The smallest absolute Gasteiger partial charge is 0.306 e. The average molecular weight is 491 g/mol. The predicted octanol–water partition coefficient (Wildman–Crippen LogP) is 4.13. The summed E-state index contributed by atoms with van der Waals surface area (Å²) in [5.41, 5.74) is 1.89. The Balaban J connectivity index is 1.10.